The number of hydrogen-bond donors (Lipinski definition) is 2. The summed E-state index contributed by atoms with van der Waals surface area (Å²) < 4.78 is 15.1. The van der Waals surface area contributed by atoms with Crippen molar-refractivity contribution >= 4 is 23.0 Å². The van der Waals surface area contributed by atoms with Crippen molar-refractivity contribution in [2.24, 2.45) is 7.05 Å². The molecule has 0 aliphatic rings. The van der Waals surface area contributed by atoms with Crippen molar-refractivity contribution in [3.8, 4) is 0 Å². The van der Waals surface area contributed by atoms with Gasteiger partial charge in [-0.15, -0.1) is 0 Å². The molecule has 1 aromatic heterocycles. The second kappa shape index (κ2) is 5.59. The maximum absolute atomic E-state index is 13.4. The molecule has 18 heavy (non-hydrogen) atoms. The van der Waals surface area contributed by atoms with E-state index in [9.17, 15) is 4.39 Å². The molecule has 94 valence electrons. The van der Waals surface area contributed by atoms with E-state index < -0.39 is 0 Å². The Labute approximate surface area is 110 Å². The highest BCUT2D eigenvalue weighted by molar-refractivity contribution is 7.80. The predicted octanol–water partition coefficient (Wildman–Crippen LogP) is 2.05. The van der Waals surface area contributed by atoms with Gasteiger partial charge >= 0.3 is 0 Å². The number of rotatable bonds is 3. The van der Waals surface area contributed by atoms with Gasteiger partial charge in [-0.2, -0.15) is 5.10 Å². The van der Waals surface area contributed by atoms with Crippen LogP contribution in [0.25, 0.3) is 0 Å². The van der Waals surface area contributed by atoms with E-state index >= 15 is 0 Å². The molecule has 0 aliphatic heterocycles. The fraction of sp³-hybridized carbons (Fsp3) is 0.167. The first kappa shape index (κ1) is 12.5. The van der Waals surface area contributed by atoms with E-state index in [1.165, 1.54) is 6.07 Å². The first-order valence-electron chi connectivity index (χ1n) is 5.43. The van der Waals surface area contributed by atoms with E-state index in [-0.39, 0.29) is 5.82 Å². The minimum atomic E-state index is -0.334. The van der Waals surface area contributed by atoms with Crippen molar-refractivity contribution in [1.29, 1.82) is 0 Å². The first-order chi connectivity index (χ1) is 8.65. The van der Waals surface area contributed by atoms with Crippen LogP contribution in [0.15, 0.2) is 36.5 Å². The summed E-state index contributed by atoms with van der Waals surface area (Å²) in [6.45, 7) is 0.501. The highest BCUT2D eigenvalue weighted by Crippen LogP contribution is 2.11. The Balaban J connectivity index is 1.88. The molecule has 0 unspecified atom stereocenters. The summed E-state index contributed by atoms with van der Waals surface area (Å²) in [5.41, 5.74) is 1.23. The van der Waals surface area contributed by atoms with Crippen LogP contribution in [0.4, 0.5) is 10.1 Å². The number of hydrogen-bond acceptors (Lipinski definition) is 2. The van der Waals surface area contributed by atoms with E-state index in [0.717, 1.165) is 5.69 Å². The molecule has 0 saturated carbocycles. The zero-order valence-electron chi connectivity index (χ0n) is 9.85. The summed E-state index contributed by atoms with van der Waals surface area (Å²) in [4.78, 5) is 0. The Morgan fingerprint density at radius 1 is 1.39 bits per heavy atom. The summed E-state index contributed by atoms with van der Waals surface area (Å²) in [7, 11) is 1.85. The molecule has 1 aromatic carbocycles. The van der Waals surface area contributed by atoms with Gasteiger partial charge in [-0.25, -0.2) is 4.39 Å². The van der Waals surface area contributed by atoms with Crippen LogP contribution in [0.2, 0.25) is 0 Å². The summed E-state index contributed by atoms with van der Waals surface area (Å²) >= 11 is 5.08. The Morgan fingerprint density at radius 2 is 2.17 bits per heavy atom. The van der Waals surface area contributed by atoms with Gasteiger partial charge in [-0.05, 0) is 30.4 Å². The largest absolute Gasteiger partial charge is 0.357 e. The third-order valence-electron chi connectivity index (χ3n) is 2.32. The standard InChI is InChI=1S/C12H13FN4S/c1-17-7-6-9(16-17)8-14-12(18)15-11-5-3-2-4-10(11)13/h2-7H,8H2,1H3,(H2,14,15,18). The normalized spacial score (nSPS) is 10.1. The summed E-state index contributed by atoms with van der Waals surface area (Å²) in [6, 6.07) is 8.27. The summed E-state index contributed by atoms with van der Waals surface area (Å²) in [5, 5.41) is 10.3. The molecule has 0 radical (unpaired) electrons. The van der Waals surface area contributed by atoms with Crippen molar-refractivity contribution < 1.29 is 4.39 Å². The molecule has 2 aromatic rings. The predicted molar refractivity (Wildman–Crippen MR) is 72.7 cm³/mol. The quantitative estimate of drug-likeness (QED) is 0.833. The monoisotopic (exact) mass is 264 g/mol. The lowest BCUT2D eigenvalue weighted by molar-refractivity contribution is 0.632. The third-order valence-corrected chi connectivity index (χ3v) is 2.57. The molecular weight excluding hydrogens is 251 g/mol. The van der Waals surface area contributed by atoms with Crippen LogP contribution in [-0.2, 0) is 13.6 Å². The number of aryl methyl sites for hydroxylation is 1. The van der Waals surface area contributed by atoms with E-state index in [2.05, 4.69) is 15.7 Å². The smallest absolute Gasteiger partial charge is 0.171 e. The van der Waals surface area contributed by atoms with Crippen molar-refractivity contribution in [2.45, 2.75) is 6.54 Å². The molecule has 2 rings (SSSR count). The molecule has 0 bridgehead atoms. The highest BCUT2D eigenvalue weighted by Gasteiger charge is 2.03. The molecule has 0 atom stereocenters. The maximum atomic E-state index is 13.4. The first-order valence-corrected chi connectivity index (χ1v) is 5.84. The van der Waals surface area contributed by atoms with Crippen LogP contribution in [0, 0.1) is 5.82 Å². The minimum absolute atomic E-state index is 0.334. The molecule has 1 heterocycles. The average molecular weight is 264 g/mol. The van der Waals surface area contributed by atoms with E-state index in [4.69, 9.17) is 12.2 Å². The zero-order chi connectivity index (χ0) is 13.0. The van der Waals surface area contributed by atoms with Gasteiger partial charge in [0.05, 0.1) is 17.9 Å². The van der Waals surface area contributed by atoms with Gasteiger partial charge in [0.25, 0.3) is 0 Å². The van der Waals surface area contributed by atoms with Crippen LogP contribution in [0.1, 0.15) is 5.69 Å². The van der Waals surface area contributed by atoms with Gasteiger partial charge in [0.15, 0.2) is 5.11 Å². The van der Waals surface area contributed by atoms with Crippen LogP contribution < -0.4 is 10.6 Å². The molecular formula is C12H13FN4S. The Bertz CT molecular complexity index is 553. The average Bonchev–Trinajstić information content (AvgIpc) is 2.76. The van der Waals surface area contributed by atoms with E-state index in [1.807, 2.05) is 19.3 Å². The fourth-order valence-corrected chi connectivity index (χ4v) is 1.64. The number of thiocarbonyl (C=S) groups is 1. The Morgan fingerprint density at radius 3 is 2.83 bits per heavy atom. The van der Waals surface area contributed by atoms with Gasteiger partial charge < -0.3 is 10.6 Å². The number of halogens is 1. The number of benzene rings is 1. The van der Waals surface area contributed by atoms with Crippen molar-refractivity contribution in [2.75, 3.05) is 5.32 Å². The number of anilines is 1. The molecule has 4 nitrogen and oxygen atoms in total. The number of nitrogens with one attached hydrogen (secondary N) is 2. The molecule has 6 heteroatoms. The number of para-hydroxylation sites is 1. The SMILES string of the molecule is Cn1ccc(CNC(=S)Nc2ccccc2F)n1. The van der Waals surface area contributed by atoms with Crippen LogP contribution in [0.5, 0.6) is 0 Å². The number of aromatic nitrogens is 2. The topological polar surface area (TPSA) is 41.9 Å². The third kappa shape index (κ3) is 3.27. The molecule has 0 saturated heterocycles. The van der Waals surface area contributed by atoms with Gasteiger partial charge in [-0.3, -0.25) is 4.68 Å². The summed E-state index contributed by atoms with van der Waals surface area (Å²) in [6.07, 6.45) is 1.85. The highest BCUT2D eigenvalue weighted by atomic mass is 32.1. The lowest BCUT2D eigenvalue weighted by Gasteiger charge is -2.09. The second-order valence-electron chi connectivity index (χ2n) is 3.77. The van der Waals surface area contributed by atoms with Crippen molar-refractivity contribution in [3.63, 3.8) is 0 Å². The second-order valence-corrected chi connectivity index (χ2v) is 4.18. The maximum Gasteiger partial charge on any atom is 0.171 e. The lowest BCUT2D eigenvalue weighted by Crippen LogP contribution is -2.28. The molecule has 0 amide bonds. The van der Waals surface area contributed by atoms with E-state index in [0.29, 0.717) is 17.3 Å². The molecule has 0 aliphatic carbocycles. The van der Waals surface area contributed by atoms with Gasteiger partial charge in [0, 0.05) is 13.2 Å². The summed E-state index contributed by atoms with van der Waals surface area (Å²) in [5.74, 6) is -0.334. The number of nitrogens with zero attached hydrogens (tertiary/aromatic N) is 2. The Hall–Kier alpha value is -1.95. The molecule has 2 N–H and O–H groups in total. The van der Waals surface area contributed by atoms with Gasteiger partial charge in [-0.1, -0.05) is 12.1 Å². The van der Waals surface area contributed by atoms with Crippen molar-refractivity contribution in [3.05, 3.63) is 48.0 Å². The van der Waals surface area contributed by atoms with Crippen molar-refractivity contribution in [1.82, 2.24) is 15.1 Å². The minimum Gasteiger partial charge on any atom is -0.357 e. The lowest BCUT2D eigenvalue weighted by atomic mass is 10.3. The van der Waals surface area contributed by atoms with Gasteiger partial charge in [0.1, 0.15) is 5.82 Å². The molecule has 0 spiro atoms. The van der Waals surface area contributed by atoms with Crippen LogP contribution in [-0.4, -0.2) is 14.9 Å². The van der Waals surface area contributed by atoms with Crippen LogP contribution >= 0.6 is 12.2 Å². The van der Waals surface area contributed by atoms with Crippen LogP contribution in [0.3, 0.4) is 0 Å². The van der Waals surface area contributed by atoms with Gasteiger partial charge in [0.2, 0.25) is 0 Å². The Kier molecular flexibility index (Phi) is 3.88. The fourth-order valence-electron chi connectivity index (χ4n) is 1.46. The zero-order valence-corrected chi connectivity index (χ0v) is 10.7. The molecule has 0 fully saturated rings. The van der Waals surface area contributed by atoms with E-state index in [1.54, 1.807) is 22.9 Å².